The molecule has 0 N–H and O–H groups in total. The van der Waals surface area contributed by atoms with Gasteiger partial charge in [0.15, 0.2) is 0 Å². The van der Waals surface area contributed by atoms with E-state index in [1.165, 1.54) is 30.4 Å². The quantitative estimate of drug-likeness (QED) is 0.562. The molecular formula is C13H18. The molecule has 0 bridgehead atoms. The molecule has 0 heterocycles. The van der Waals surface area contributed by atoms with Crippen LogP contribution in [0, 0.1) is 13.8 Å². The van der Waals surface area contributed by atoms with Gasteiger partial charge in [0, 0.05) is 0 Å². The van der Waals surface area contributed by atoms with Crippen molar-refractivity contribution < 1.29 is 0 Å². The van der Waals surface area contributed by atoms with Crippen LogP contribution in [0.25, 0.3) is 0 Å². The van der Waals surface area contributed by atoms with E-state index in [4.69, 9.17) is 0 Å². The summed E-state index contributed by atoms with van der Waals surface area (Å²) in [5.41, 5.74) is 6.27. The van der Waals surface area contributed by atoms with Gasteiger partial charge in [-0.2, -0.15) is 0 Å². The number of hydrogen-bond donors (Lipinski definition) is 0. The summed E-state index contributed by atoms with van der Waals surface area (Å²) < 4.78 is 0. The Balaban J connectivity index is 2.60. The van der Waals surface area contributed by atoms with E-state index in [0.717, 1.165) is 5.92 Å². The molecule has 0 saturated heterocycles. The normalized spacial score (nSPS) is 21.3. The minimum atomic E-state index is 0.781. The Bertz CT molecular complexity index is 323. The van der Waals surface area contributed by atoms with Crippen molar-refractivity contribution in [2.24, 2.45) is 0 Å². The van der Waals surface area contributed by atoms with Crippen LogP contribution in [0.1, 0.15) is 47.9 Å². The van der Waals surface area contributed by atoms with E-state index in [1.807, 2.05) is 0 Å². The molecule has 1 aliphatic carbocycles. The minimum absolute atomic E-state index is 0.781. The Morgan fingerprint density at radius 1 is 1.15 bits per heavy atom. The van der Waals surface area contributed by atoms with Crippen molar-refractivity contribution in [3.8, 4) is 0 Å². The van der Waals surface area contributed by atoms with Crippen LogP contribution in [0.15, 0.2) is 12.1 Å². The van der Waals surface area contributed by atoms with E-state index in [-0.39, 0.29) is 0 Å². The van der Waals surface area contributed by atoms with Crippen LogP contribution in [-0.2, 0) is 6.42 Å². The first-order valence-electron chi connectivity index (χ1n) is 5.29. The monoisotopic (exact) mass is 174 g/mol. The lowest BCUT2D eigenvalue weighted by Crippen LogP contribution is -2.10. The molecule has 0 unspecified atom stereocenters. The molecule has 0 fully saturated rings. The lowest BCUT2D eigenvalue weighted by Gasteiger charge is -2.25. The topological polar surface area (TPSA) is 0 Å². The molecule has 0 aromatic heterocycles. The maximum Gasteiger partial charge on any atom is -0.0185 e. The number of hydrogen-bond acceptors (Lipinski definition) is 0. The van der Waals surface area contributed by atoms with Gasteiger partial charge in [0.05, 0.1) is 0 Å². The van der Waals surface area contributed by atoms with E-state index in [0.29, 0.717) is 0 Å². The zero-order valence-electron chi connectivity index (χ0n) is 8.85. The summed E-state index contributed by atoms with van der Waals surface area (Å²) in [5, 5.41) is 0. The molecule has 0 radical (unpaired) electrons. The van der Waals surface area contributed by atoms with Crippen molar-refractivity contribution in [1.29, 1.82) is 0 Å². The molecule has 1 aromatic rings. The Labute approximate surface area is 81.0 Å². The van der Waals surface area contributed by atoms with Gasteiger partial charge in [-0.05, 0) is 61.3 Å². The van der Waals surface area contributed by atoms with E-state index < -0.39 is 0 Å². The van der Waals surface area contributed by atoms with Gasteiger partial charge >= 0.3 is 0 Å². The van der Waals surface area contributed by atoms with Crippen molar-refractivity contribution in [3.05, 3.63) is 34.4 Å². The van der Waals surface area contributed by atoms with Gasteiger partial charge in [-0.1, -0.05) is 19.1 Å². The first kappa shape index (κ1) is 8.80. The van der Waals surface area contributed by atoms with Crippen LogP contribution in [0.4, 0.5) is 0 Å². The second-order valence-corrected chi connectivity index (χ2v) is 4.38. The average Bonchev–Trinajstić information content (AvgIpc) is 2.12. The summed E-state index contributed by atoms with van der Waals surface area (Å²) in [6.07, 6.45) is 4.04. The molecule has 70 valence electrons. The summed E-state index contributed by atoms with van der Waals surface area (Å²) in [5.74, 6) is 0.781. The highest BCUT2D eigenvalue weighted by Crippen LogP contribution is 2.34. The molecule has 0 saturated carbocycles. The number of aryl methyl sites for hydroxylation is 2. The van der Waals surface area contributed by atoms with E-state index in [9.17, 15) is 0 Å². The molecule has 1 atom stereocenters. The average molecular weight is 174 g/mol. The second-order valence-electron chi connectivity index (χ2n) is 4.38. The zero-order valence-corrected chi connectivity index (χ0v) is 8.85. The van der Waals surface area contributed by atoms with Crippen molar-refractivity contribution in [2.45, 2.75) is 46.0 Å². The molecule has 0 spiro atoms. The van der Waals surface area contributed by atoms with Crippen molar-refractivity contribution in [1.82, 2.24) is 0 Å². The Morgan fingerprint density at radius 3 is 2.54 bits per heavy atom. The Kier molecular flexibility index (Phi) is 2.15. The van der Waals surface area contributed by atoms with Gasteiger partial charge in [-0.3, -0.25) is 0 Å². The van der Waals surface area contributed by atoms with Gasteiger partial charge in [0.25, 0.3) is 0 Å². The molecule has 0 nitrogen and oxygen atoms in total. The van der Waals surface area contributed by atoms with Crippen LogP contribution in [0.3, 0.4) is 0 Å². The first-order valence-corrected chi connectivity index (χ1v) is 5.29. The lowest BCUT2D eigenvalue weighted by atomic mass is 9.80. The largest absolute Gasteiger partial charge is 0.0588 e. The van der Waals surface area contributed by atoms with Crippen molar-refractivity contribution in [2.75, 3.05) is 0 Å². The molecule has 0 heteroatoms. The molecule has 1 aromatic carbocycles. The zero-order chi connectivity index (χ0) is 9.42. The summed E-state index contributed by atoms with van der Waals surface area (Å²) in [7, 11) is 0. The first-order chi connectivity index (χ1) is 6.20. The highest BCUT2D eigenvalue weighted by Gasteiger charge is 2.19. The summed E-state index contributed by atoms with van der Waals surface area (Å²) >= 11 is 0. The van der Waals surface area contributed by atoms with E-state index >= 15 is 0 Å². The summed E-state index contributed by atoms with van der Waals surface area (Å²) in [6.45, 7) is 6.86. The van der Waals surface area contributed by atoms with Crippen LogP contribution in [-0.4, -0.2) is 0 Å². The third-order valence-electron chi connectivity index (χ3n) is 3.37. The third-order valence-corrected chi connectivity index (χ3v) is 3.37. The van der Waals surface area contributed by atoms with Gasteiger partial charge in [-0.25, -0.2) is 0 Å². The fourth-order valence-corrected chi connectivity index (χ4v) is 2.64. The molecule has 2 rings (SSSR count). The Morgan fingerprint density at radius 2 is 1.85 bits per heavy atom. The fourth-order valence-electron chi connectivity index (χ4n) is 2.64. The van der Waals surface area contributed by atoms with Crippen molar-refractivity contribution in [3.63, 3.8) is 0 Å². The van der Waals surface area contributed by atoms with Gasteiger partial charge in [0.1, 0.15) is 0 Å². The third kappa shape index (κ3) is 1.39. The van der Waals surface area contributed by atoms with Gasteiger partial charge < -0.3 is 0 Å². The maximum absolute atomic E-state index is 2.37. The van der Waals surface area contributed by atoms with Gasteiger partial charge in [0.2, 0.25) is 0 Å². The predicted molar refractivity (Wildman–Crippen MR) is 57.3 cm³/mol. The van der Waals surface area contributed by atoms with Crippen molar-refractivity contribution >= 4 is 0 Å². The highest BCUT2D eigenvalue weighted by molar-refractivity contribution is 5.43. The fraction of sp³-hybridized carbons (Fsp3) is 0.538. The van der Waals surface area contributed by atoms with Crippen LogP contribution in [0.2, 0.25) is 0 Å². The number of fused-ring (bicyclic) bond motifs is 1. The minimum Gasteiger partial charge on any atom is -0.0588 e. The second kappa shape index (κ2) is 3.17. The van der Waals surface area contributed by atoms with E-state index in [2.05, 4.69) is 32.9 Å². The molecule has 0 amide bonds. The lowest BCUT2D eigenvalue weighted by molar-refractivity contribution is 0.585. The predicted octanol–water partition coefficient (Wildman–Crippen LogP) is 3.74. The molecule has 0 aliphatic heterocycles. The highest BCUT2D eigenvalue weighted by atomic mass is 14.2. The van der Waals surface area contributed by atoms with E-state index in [1.54, 1.807) is 11.1 Å². The van der Waals surface area contributed by atoms with Crippen LogP contribution < -0.4 is 0 Å². The molecule has 1 aliphatic rings. The maximum atomic E-state index is 2.37. The summed E-state index contributed by atoms with van der Waals surface area (Å²) in [6, 6.07) is 4.54. The van der Waals surface area contributed by atoms with Gasteiger partial charge in [-0.15, -0.1) is 0 Å². The number of rotatable bonds is 0. The SMILES string of the molecule is Cc1ccc(C)c2c1CCC[C@H]2C. The van der Waals surface area contributed by atoms with Crippen LogP contribution in [0.5, 0.6) is 0 Å². The number of benzene rings is 1. The Hall–Kier alpha value is -0.780. The molecular weight excluding hydrogens is 156 g/mol. The summed E-state index contributed by atoms with van der Waals surface area (Å²) in [4.78, 5) is 0. The standard InChI is InChI=1S/C13H18/c1-9-7-8-11(3)13-10(2)5-4-6-12(9)13/h7-8,10H,4-6H2,1-3H3/t10-/m1/s1. The van der Waals surface area contributed by atoms with Crippen LogP contribution >= 0.6 is 0 Å². The molecule has 13 heavy (non-hydrogen) atoms. The smallest absolute Gasteiger partial charge is 0.0185 e.